The second-order valence-corrected chi connectivity index (χ2v) is 4.01. The van der Waals surface area contributed by atoms with Crippen LogP contribution in [0.25, 0.3) is 0 Å². The molecule has 0 amide bonds. The molecular formula is C12H9N3OS. The van der Waals surface area contributed by atoms with Crippen molar-refractivity contribution in [2.45, 2.75) is 4.90 Å². The Labute approximate surface area is 103 Å². The molecule has 0 unspecified atom stereocenters. The smallest absolute Gasteiger partial charge is 0.237 e. The molecule has 0 saturated heterocycles. The van der Waals surface area contributed by atoms with Gasteiger partial charge < -0.3 is 4.74 Å². The predicted octanol–water partition coefficient (Wildman–Crippen LogP) is 2.86. The Morgan fingerprint density at radius 3 is 2.47 bits per heavy atom. The molecule has 17 heavy (non-hydrogen) atoms. The Bertz CT molecular complexity index is 531. The van der Waals surface area contributed by atoms with Crippen molar-refractivity contribution in [2.24, 2.45) is 0 Å². The number of benzene rings is 1. The molecule has 0 aliphatic rings. The molecule has 0 atom stereocenters. The van der Waals surface area contributed by atoms with Crippen LogP contribution in [0.3, 0.4) is 0 Å². The van der Waals surface area contributed by atoms with Crippen molar-refractivity contribution in [2.75, 3.05) is 6.26 Å². The van der Waals surface area contributed by atoms with Crippen LogP contribution in [0.5, 0.6) is 11.6 Å². The maximum Gasteiger partial charge on any atom is 0.237 e. The minimum absolute atomic E-state index is 0.273. The van der Waals surface area contributed by atoms with Gasteiger partial charge in [-0.05, 0) is 30.5 Å². The van der Waals surface area contributed by atoms with Crippen molar-refractivity contribution in [1.29, 1.82) is 5.26 Å². The molecule has 0 aliphatic heterocycles. The fraction of sp³-hybridized carbons (Fsp3) is 0.0833. The molecule has 1 aromatic carbocycles. The van der Waals surface area contributed by atoms with Gasteiger partial charge in [-0.1, -0.05) is 0 Å². The minimum atomic E-state index is 0.273. The predicted molar refractivity (Wildman–Crippen MR) is 65.0 cm³/mol. The van der Waals surface area contributed by atoms with Gasteiger partial charge in [0.15, 0.2) is 5.69 Å². The van der Waals surface area contributed by atoms with E-state index in [1.54, 1.807) is 11.8 Å². The molecule has 2 rings (SSSR count). The molecule has 1 heterocycles. The summed E-state index contributed by atoms with van der Waals surface area (Å²) in [4.78, 5) is 9.02. The number of thioether (sulfide) groups is 1. The average Bonchev–Trinajstić information content (AvgIpc) is 2.40. The van der Waals surface area contributed by atoms with Crippen molar-refractivity contribution in [3.8, 4) is 17.7 Å². The van der Waals surface area contributed by atoms with Crippen molar-refractivity contribution < 1.29 is 4.74 Å². The van der Waals surface area contributed by atoms with Gasteiger partial charge in [-0.25, -0.2) is 9.97 Å². The zero-order chi connectivity index (χ0) is 12.1. The normalized spacial score (nSPS) is 9.65. The zero-order valence-corrected chi connectivity index (χ0v) is 9.94. The van der Waals surface area contributed by atoms with Crippen molar-refractivity contribution in [3.05, 3.63) is 42.4 Å². The lowest BCUT2D eigenvalue weighted by atomic mass is 10.3. The van der Waals surface area contributed by atoms with E-state index in [2.05, 4.69) is 9.97 Å². The first-order valence-electron chi connectivity index (χ1n) is 4.86. The van der Waals surface area contributed by atoms with Gasteiger partial charge in [-0.2, -0.15) is 5.26 Å². The summed E-state index contributed by atoms with van der Waals surface area (Å²) < 4.78 is 5.49. The molecule has 0 fully saturated rings. The van der Waals surface area contributed by atoms with Crippen LogP contribution in [-0.4, -0.2) is 16.2 Å². The van der Waals surface area contributed by atoms with Crippen LogP contribution in [0.15, 0.2) is 41.6 Å². The van der Waals surface area contributed by atoms with E-state index in [0.717, 1.165) is 0 Å². The summed E-state index contributed by atoms with van der Waals surface area (Å²) in [6.45, 7) is 0. The van der Waals surface area contributed by atoms with Crippen LogP contribution in [0.1, 0.15) is 5.69 Å². The van der Waals surface area contributed by atoms with E-state index in [9.17, 15) is 0 Å². The molecule has 0 spiro atoms. The van der Waals surface area contributed by atoms with Gasteiger partial charge in [0, 0.05) is 4.90 Å². The molecule has 4 nitrogen and oxygen atoms in total. The third kappa shape index (κ3) is 2.95. The molecule has 0 aliphatic carbocycles. The van der Waals surface area contributed by atoms with Gasteiger partial charge in [-0.3, -0.25) is 0 Å². The largest absolute Gasteiger partial charge is 0.438 e. The van der Waals surface area contributed by atoms with E-state index >= 15 is 0 Å². The highest BCUT2D eigenvalue weighted by atomic mass is 32.2. The number of nitrogens with zero attached hydrogens (tertiary/aromatic N) is 3. The van der Waals surface area contributed by atoms with E-state index in [1.165, 1.54) is 17.3 Å². The van der Waals surface area contributed by atoms with E-state index in [4.69, 9.17) is 10.00 Å². The fourth-order valence-electron chi connectivity index (χ4n) is 1.19. The fourth-order valence-corrected chi connectivity index (χ4v) is 1.60. The quantitative estimate of drug-likeness (QED) is 0.776. The molecule has 2 aromatic rings. The van der Waals surface area contributed by atoms with Crippen LogP contribution in [0.4, 0.5) is 0 Å². The van der Waals surface area contributed by atoms with E-state index < -0.39 is 0 Å². The van der Waals surface area contributed by atoms with Crippen molar-refractivity contribution in [1.82, 2.24) is 9.97 Å². The Balaban J connectivity index is 2.11. The first kappa shape index (κ1) is 11.4. The molecule has 84 valence electrons. The molecule has 5 heteroatoms. The number of ether oxygens (including phenoxy) is 1. The standard InChI is InChI=1S/C12H9N3OS/c1-17-11-4-2-10(3-5-11)16-12-8-14-9(6-13)7-15-12/h2-5,7-8H,1H3. The Morgan fingerprint density at radius 1 is 1.18 bits per heavy atom. The second-order valence-electron chi connectivity index (χ2n) is 3.13. The third-order valence-corrected chi connectivity index (χ3v) is 2.77. The van der Waals surface area contributed by atoms with Crippen LogP contribution >= 0.6 is 11.8 Å². The highest BCUT2D eigenvalue weighted by Gasteiger charge is 2.00. The summed E-state index contributed by atoms with van der Waals surface area (Å²) in [5, 5.41) is 8.58. The third-order valence-electron chi connectivity index (χ3n) is 2.02. The lowest BCUT2D eigenvalue weighted by molar-refractivity contribution is 0.459. The number of hydrogen-bond donors (Lipinski definition) is 0. The van der Waals surface area contributed by atoms with Crippen LogP contribution in [0.2, 0.25) is 0 Å². The maximum atomic E-state index is 8.58. The van der Waals surface area contributed by atoms with Crippen LogP contribution < -0.4 is 4.74 Å². The molecule has 0 N–H and O–H groups in total. The summed E-state index contributed by atoms with van der Waals surface area (Å²) in [7, 11) is 0. The van der Waals surface area contributed by atoms with Crippen LogP contribution in [0, 0.1) is 11.3 Å². The van der Waals surface area contributed by atoms with Crippen molar-refractivity contribution >= 4 is 11.8 Å². The van der Waals surface area contributed by atoms with Gasteiger partial charge in [-0.15, -0.1) is 11.8 Å². The molecule has 0 saturated carbocycles. The van der Waals surface area contributed by atoms with Crippen molar-refractivity contribution in [3.63, 3.8) is 0 Å². The van der Waals surface area contributed by atoms with Gasteiger partial charge in [0.25, 0.3) is 0 Å². The summed E-state index contributed by atoms with van der Waals surface area (Å²) >= 11 is 1.67. The number of aromatic nitrogens is 2. The Hall–Kier alpha value is -2.06. The zero-order valence-electron chi connectivity index (χ0n) is 9.12. The number of hydrogen-bond acceptors (Lipinski definition) is 5. The highest BCUT2D eigenvalue weighted by Crippen LogP contribution is 2.22. The monoisotopic (exact) mass is 243 g/mol. The van der Waals surface area contributed by atoms with E-state index in [0.29, 0.717) is 11.6 Å². The highest BCUT2D eigenvalue weighted by molar-refractivity contribution is 7.98. The molecule has 0 bridgehead atoms. The van der Waals surface area contributed by atoms with Gasteiger partial charge in [0.1, 0.15) is 11.8 Å². The minimum Gasteiger partial charge on any atom is -0.438 e. The van der Waals surface area contributed by atoms with Gasteiger partial charge in [0.05, 0.1) is 12.4 Å². The average molecular weight is 243 g/mol. The van der Waals surface area contributed by atoms with Gasteiger partial charge in [0.2, 0.25) is 5.88 Å². The summed E-state index contributed by atoms with van der Waals surface area (Å²) in [5.41, 5.74) is 0.273. The van der Waals surface area contributed by atoms with E-state index in [-0.39, 0.29) is 5.69 Å². The number of nitriles is 1. The van der Waals surface area contributed by atoms with Crippen LogP contribution in [-0.2, 0) is 0 Å². The molecule has 0 radical (unpaired) electrons. The first-order chi connectivity index (χ1) is 8.31. The lowest BCUT2D eigenvalue weighted by Gasteiger charge is -2.04. The topological polar surface area (TPSA) is 58.8 Å². The summed E-state index contributed by atoms with van der Waals surface area (Å²) in [6, 6.07) is 9.57. The SMILES string of the molecule is CSc1ccc(Oc2cnc(C#N)cn2)cc1. The Kier molecular flexibility index (Phi) is 3.58. The Morgan fingerprint density at radius 2 is 1.94 bits per heavy atom. The molecule has 1 aromatic heterocycles. The summed E-state index contributed by atoms with van der Waals surface area (Å²) in [5.74, 6) is 1.07. The first-order valence-corrected chi connectivity index (χ1v) is 6.08. The molecular weight excluding hydrogens is 234 g/mol. The number of rotatable bonds is 3. The summed E-state index contributed by atoms with van der Waals surface area (Å²) in [6.07, 6.45) is 4.83. The maximum absolute atomic E-state index is 8.58. The van der Waals surface area contributed by atoms with E-state index in [1.807, 2.05) is 36.6 Å². The van der Waals surface area contributed by atoms with Gasteiger partial charge >= 0.3 is 0 Å². The lowest BCUT2D eigenvalue weighted by Crippen LogP contribution is -1.90. The second kappa shape index (κ2) is 5.32.